The number of aromatic nitrogens is 2. The van der Waals surface area contributed by atoms with Crippen molar-refractivity contribution in [3.05, 3.63) is 149 Å². The minimum absolute atomic E-state index is 0.0389. The van der Waals surface area contributed by atoms with Gasteiger partial charge in [-0.2, -0.15) is 23.5 Å². The van der Waals surface area contributed by atoms with Gasteiger partial charge >= 0.3 is 5.97 Å². The van der Waals surface area contributed by atoms with Gasteiger partial charge in [-0.3, -0.25) is 57.7 Å². The SMILES string of the molecule is C[C@@]12CCCN1C(=O)[C@H](Cc1ccc(O)cc1)NC(=O)[C@H](CC1=CN=CC1)CC(=O)[C@H](CC(=O)O)NC(=O)[C@H](Cc1c[nH]c3ccc(F)cc13)NC(=O)[C@H](Cc1c[nH]c3ccc(F)cc13)CC(=O)CNC(=O)[C@H](C1(O)CC1)NC(=O)CCSCc1cccc(c1)CSC[C@@H](C(N)=O)NC2=O. The van der Waals surface area contributed by atoms with Gasteiger partial charge in [0.1, 0.15) is 47.1 Å². The number of nitrogens with two attached hydrogens (primary N) is 1. The lowest BCUT2D eigenvalue weighted by Gasteiger charge is -2.37. The van der Waals surface area contributed by atoms with E-state index in [2.05, 4.69) is 46.9 Å². The number of aromatic amines is 2. The maximum Gasteiger partial charge on any atom is 0.305 e. The van der Waals surface area contributed by atoms with E-state index in [1.807, 2.05) is 24.3 Å². The van der Waals surface area contributed by atoms with Crippen molar-refractivity contribution in [1.82, 2.24) is 46.8 Å². The average Bonchev–Trinajstić information content (AvgIpc) is 1.61. The number of amides is 8. The zero-order valence-electron chi connectivity index (χ0n) is 54.7. The number of hydrogen-bond acceptors (Lipinski definition) is 16. The van der Waals surface area contributed by atoms with Crippen LogP contribution in [0.1, 0.15) is 98.9 Å². The first kappa shape index (κ1) is 73.0. The molecule has 528 valence electrons. The Morgan fingerprint density at radius 1 is 0.700 bits per heavy atom. The van der Waals surface area contributed by atoms with Crippen molar-refractivity contribution in [3.63, 3.8) is 0 Å². The number of primary amides is 1. The molecule has 0 radical (unpaired) electrons. The average molecular weight is 1410 g/mol. The van der Waals surface area contributed by atoms with Crippen LogP contribution in [0, 0.1) is 23.5 Å². The first-order valence-corrected chi connectivity index (χ1v) is 35.2. The number of thioether (sulfide) groups is 2. The third-order valence-electron chi connectivity index (χ3n) is 18.6. The number of H-pyrrole nitrogens is 2. The van der Waals surface area contributed by atoms with Crippen molar-refractivity contribution in [2.24, 2.45) is 22.6 Å². The molecule has 2 aromatic heterocycles. The molecule has 1 aliphatic carbocycles. The number of carbonyl (C=O) groups excluding carboxylic acids is 10. The van der Waals surface area contributed by atoms with Crippen molar-refractivity contribution in [3.8, 4) is 5.75 Å². The molecule has 8 atom stereocenters. The summed E-state index contributed by atoms with van der Waals surface area (Å²) < 4.78 is 29.8. The molecule has 100 heavy (non-hydrogen) atoms. The second-order valence-corrected chi connectivity index (χ2v) is 28.3. The van der Waals surface area contributed by atoms with Gasteiger partial charge < -0.3 is 67.8 Å². The van der Waals surface area contributed by atoms with Gasteiger partial charge in [-0.25, -0.2) is 8.78 Å². The molecule has 13 N–H and O–H groups in total. The summed E-state index contributed by atoms with van der Waals surface area (Å²) >= 11 is 2.76. The monoisotopic (exact) mass is 1410 g/mol. The standard InChI is InChI=1S/C71H79F2N11O14S2/c1-70-16-3-20-84(70)68(96)57(24-39-6-10-49(85)11-7-39)81-64(92)43(23-40-14-19-75-32-40)28-59(87)55(31-61(89)90)79-66(94)56(27-46-34-77-54-13-9-48(73)30-52(46)54)80-65(93)44(25-45-33-76-53-12-8-47(72)29-51(45)53)26-50(86)35-78-67(95)62(71(98)17-18-71)83-60(88)15-21-99-36-41-4-2-5-42(22-41)37-100-38-58(63(74)91)82-69(70)97/h2,4-13,19,22,29-30,32-34,43-44,55-58,62,76-77,85,98H,3,14-18,20-21,23-28,31,35-38H2,1H3,(H2,74,91)(H,78,95)(H,79,94)(H,80,93)(H,81,92)(H,82,97)(H,83,88)(H,89,90)/t43-,44-,55+,56+,57+,58+,62-,70+/m1/s1. The normalized spacial score (nSPS) is 24.6. The van der Waals surface area contributed by atoms with Gasteiger partial charge in [0.15, 0.2) is 11.6 Å². The van der Waals surface area contributed by atoms with Crippen molar-refractivity contribution in [1.29, 1.82) is 0 Å². The first-order valence-electron chi connectivity index (χ1n) is 32.9. The third-order valence-corrected chi connectivity index (χ3v) is 20.7. The second kappa shape index (κ2) is 32.5. The van der Waals surface area contributed by atoms with E-state index in [0.29, 0.717) is 56.8 Å². The molecule has 3 aliphatic heterocycles. The number of halogens is 2. The molecule has 4 aliphatic rings. The Bertz CT molecular complexity index is 4200. The molecule has 25 nitrogen and oxygen atoms in total. The Kier molecular flexibility index (Phi) is 23.7. The molecule has 5 heterocycles. The molecule has 2 fully saturated rings. The number of hydrogen-bond donors (Lipinski definition) is 12. The highest BCUT2D eigenvalue weighted by Gasteiger charge is 2.52. The Labute approximate surface area is 581 Å². The number of Topliss-reactive ketones (excluding diaryl/α,β-unsaturated/α-hetero) is 2. The van der Waals surface area contributed by atoms with E-state index < -0.39 is 162 Å². The number of carbonyl (C=O) groups is 11. The van der Waals surface area contributed by atoms with Gasteiger partial charge in [-0.15, -0.1) is 0 Å². The zero-order valence-corrected chi connectivity index (χ0v) is 56.4. The number of nitrogens with zero attached hydrogens (tertiary/aromatic N) is 2. The summed E-state index contributed by atoms with van der Waals surface area (Å²) in [4.78, 5) is 169. The topological polar surface area (TPSA) is 394 Å². The highest BCUT2D eigenvalue weighted by Crippen LogP contribution is 2.39. The molecule has 8 amide bonds. The molecule has 1 saturated carbocycles. The molecular weight excluding hydrogens is 1330 g/mol. The van der Waals surface area contributed by atoms with Gasteiger partial charge in [-0.05, 0) is 127 Å². The Hall–Kier alpha value is -9.74. The Morgan fingerprint density at radius 2 is 1.33 bits per heavy atom. The van der Waals surface area contributed by atoms with Crippen LogP contribution in [0.25, 0.3) is 21.8 Å². The maximum absolute atomic E-state index is 15.2. The predicted molar refractivity (Wildman–Crippen MR) is 369 cm³/mol. The number of fused-ring (bicyclic) bond motifs is 5. The Morgan fingerprint density at radius 3 is 1.96 bits per heavy atom. The Balaban J connectivity index is 0.980. The van der Waals surface area contributed by atoms with Gasteiger partial charge in [0, 0.05) is 127 Å². The molecule has 2 bridgehead atoms. The largest absolute Gasteiger partial charge is 0.508 e. The van der Waals surface area contributed by atoms with Crippen LogP contribution in [-0.2, 0) is 83.5 Å². The van der Waals surface area contributed by atoms with E-state index in [9.17, 15) is 57.7 Å². The summed E-state index contributed by atoms with van der Waals surface area (Å²) in [6.07, 6.45) is 3.50. The molecule has 10 rings (SSSR count). The molecule has 0 unspecified atom stereocenters. The summed E-state index contributed by atoms with van der Waals surface area (Å²) in [6.45, 7) is 0.871. The van der Waals surface area contributed by atoms with Gasteiger partial charge in [0.2, 0.25) is 47.3 Å². The smallest absolute Gasteiger partial charge is 0.305 e. The number of benzene rings is 4. The number of nitrogens with one attached hydrogen (secondary N) is 8. The predicted octanol–water partition coefficient (Wildman–Crippen LogP) is 4.54. The summed E-state index contributed by atoms with van der Waals surface area (Å²) in [6, 6.07) is 13.4. The van der Waals surface area contributed by atoms with E-state index in [1.54, 1.807) is 6.21 Å². The number of carboxylic acid groups (broad SMARTS) is 1. The fourth-order valence-electron chi connectivity index (χ4n) is 12.8. The quantitative estimate of drug-likeness (QED) is 0.0800. The number of aliphatic hydroxyl groups is 1. The summed E-state index contributed by atoms with van der Waals surface area (Å²) in [5.41, 5.74) is 7.04. The van der Waals surface area contributed by atoms with E-state index in [1.165, 1.54) is 115 Å². The number of carboxylic acids is 1. The van der Waals surface area contributed by atoms with Gasteiger partial charge in [-0.1, -0.05) is 36.4 Å². The van der Waals surface area contributed by atoms with E-state index in [4.69, 9.17) is 5.73 Å². The number of rotatable bonds is 12. The number of aliphatic carboxylic acids is 1. The lowest BCUT2D eigenvalue weighted by Crippen LogP contribution is -2.62. The lowest BCUT2D eigenvalue weighted by molar-refractivity contribution is -0.147. The first-order chi connectivity index (χ1) is 47.8. The number of phenols is 1. The molecule has 6 aromatic rings. The van der Waals surface area contributed by atoms with Crippen LogP contribution in [0.2, 0.25) is 0 Å². The van der Waals surface area contributed by atoms with E-state index in [0.717, 1.165) is 11.1 Å². The fourth-order valence-corrected chi connectivity index (χ4v) is 14.7. The molecule has 4 aromatic carbocycles. The van der Waals surface area contributed by atoms with Crippen molar-refractivity contribution in [2.75, 3.05) is 24.6 Å². The molecule has 0 spiro atoms. The number of ketones is 2. The molecule has 1 saturated heterocycles. The van der Waals surface area contributed by atoms with Crippen LogP contribution in [0.5, 0.6) is 5.75 Å². The van der Waals surface area contributed by atoms with E-state index >= 15 is 19.2 Å². The highest BCUT2D eigenvalue weighted by atomic mass is 32.2. The van der Waals surface area contributed by atoms with Crippen molar-refractivity contribution < 1.29 is 76.8 Å². The third kappa shape index (κ3) is 18.8. The number of allylic oxidation sites excluding steroid dienone is 1. The summed E-state index contributed by atoms with van der Waals surface area (Å²) in [5.74, 6) is -12.8. The van der Waals surface area contributed by atoms with E-state index in [-0.39, 0.29) is 80.4 Å². The minimum Gasteiger partial charge on any atom is -0.508 e. The number of aliphatic imine (C=N–C) groups is 1. The van der Waals surface area contributed by atoms with Crippen LogP contribution in [0.4, 0.5) is 8.78 Å². The maximum atomic E-state index is 15.2. The minimum atomic E-state index is -1.91. The van der Waals surface area contributed by atoms with Crippen LogP contribution in [0.3, 0.4) is 0 Å². The van der Waals surface area contributed by atoms with Crippen molar-refractivity contribution >= 4 is 116 Å². The summed E-state index contributed by atoms with van der Waals surface area (Å²) in [5, 5.41) is 48.4. The van der Waals surface area contributed by atoms with Crippen LogP contribution >= 0.6 is 23.5 Å². The molecule has 29 heteroatoms. The van der Waals surface area contributed by atoms with Crippen molar-refractivity contribution in [2.45, 2.75) is 143 Å². The fraction of sp³-hybridized carbons (Fsp3) is 0.408. The summed E-state index contributed by atoms with van der Waals surface area (Å²) in [7, 11) is 0. The van der Waals surface area contributed by atoms with Gasteiger partial charge in [0.05, 0.1) is 24.6 Å². The van der Waals surface area contributed by atoms with Crippen LogP contribution in [0.15, 0.2) is 114 Å². The van der Waals surface area contributed by atoms with Crippen LogP contribution < -0.4 is 37.6 Å². The number of aromatic hydroxyl groups is 1. The second-order valence-electron chi connectivity index (χ2n) is 26.2. The highest BCUT2D eigenvalue weighted by molar-refractivity contribution is 7.98. The lowest BCUT2D eigenvalue weighted by atomic mass is 9.89. The van der Waals surface area contributed by atoms with Gasteiger partial charge in [0.25, 0.3) is 0 Å². The zero-order chi connectivity index (χ0) is 71.4. The number of phenolic OH excluding ortho intramolecular Hbond substituents is 1. The van der Waals surface area contributed by atoms with Crippen LogP contribution in [-0.4, -0.2) is 167 Å². The molecular formula is C71H79F2N11O14S2.